The van der Waals surface area contributed by atoms with Crippen molar-refractivity contribution in [3.05, 3.63) is 26.3 Å². The van der Waals surface area contributed by atoms with E-state index < -0.39 is 0 Å². The summed E-state index contributed by atoms with van der Waals surface area (Å²) in [6.45, 7) is 12.0. The monoisotopic (exact) mass is 182 g/mol. The lowest BCUT2D eigenvalue weighted by Gasteiger charge is -1.93. The SMILES string of the molecule is C=C.C=C.Nc1nc(N)nc(N)n1. The Morgan fingerprint density at radius 3 is 0.923 bits per heavy atom. The van der Waals surface area contributed by atoms with Gasteiger partial charge in [0.05, 0.1) is 0 Å². The first-order valence-electron chi connectivity index (χ1n) is 3.21. The predicted molar refractivity (Wildman–Crippen MR) is 55.6 cm³/mol. The molecule has 72 valence electrons. The van der Waals surface area contributed by atoms with Crippen LogP contribution in [-0.4, -0.2) is 15.0 Å². The van der Waals surface area contributed by atoms with E-state index in [2.05, 4.69) is 41.3 Å². The van der Waals surface area contributed by atoms with Gasteiger partial charge in [-0.3, -0.25) is 0 Å². The van der Waals surface area contributed by atoms with Crippen LogP contribution < -0.4 is 17.2 Å². The normalized spacial score (nSPS) is 7.08. The van der Waals surface area contributed by atoms with Gasteiger partial charge in [-0.25, -0.2) is 0 Å². The zero-order chi connectivity index (χ0) is 10.9. The molecule has 0 spiro atoms. The highest BCUT2D eigenvalue weighted by Gasteiger charge is 1.93. The van der Waals surface area contributed by atoms with E-state index >= 15 is 0 Å². The highest BCUT2D eigenvalue weighted by molar-refractivity contribution is 5.33. The fourth-order valence-corrected chi connectivity index (χ4v) is 0.427. The van der Waals surface area contributed by atoms with E-state index in [1.54, 1.807) is 0 Å². The molecule has 1 aromatic rings. The summed E-state index contributed by atoms with van der Waals surface area (Å²) in [6.07, 6.45) is 0. The zero-order valence-corrected chi connectivity index (χ0v) is 7.40. The average molecular weight is 182 g/mol. The molecule has 6 heteroatoms. The van der Waals surface area contributed by atoms with Crippen LogP contribution in [0.1, 0.15) is 0 Å². The Bertz CT molecular complexity index is 196. The Labute approximate surface area is 77.2 Å². The van der Waals surface area contributed by atoms with Gasteiger partial charge in [0, 0.05) is 0 Å². The maximum atomic E-state index is 5.14. The molecule has 6 nitrogen and oxygen atoms in total. The number of anilines is 3. The standard InChI is InChI=1S/C3H6N6.2C2H4/c4-1-7-2(5)9-3(6)8-1;2*1-2/h(H6,4,5,6,7,8,9);2*1-2H2. The average Bonchev–Trinajstić information content (AvgIpc) is 2.09. The van der Waals surface area contributed by atoms with Crippen molar-refractivity contribution in [1.29, 1.82) is 0 Å². The lowest BCUT2D eigenvalue weighted by Crippen LogP contribution is -2.05. The first-order chi connectivity index (χ1) is 6.18. The van der Waals surface area contributed by atoms with Crippen LogP contribution in [0.25, 0.3) is 0 Å². The molecule has 1 heterocycles. The molecular weight excluding hydrogens is 168 g/mol. The molecule has 0 atom stereocenters. The largest absolute Gasteiger partial charge is 0.368 e. The van der Waals surface area contributed by atoms with Crippen LogP contribution >= 0.6 is 0 Å². The van der Waals surface area contributed by atoms with Gasteiger partial charge in [-0.15, -0.1) is 26.3 Å². The van der Waals surface area contributed by atoms with Crippen LogP contribution in [0.4, 0.5) is 17.8 Å². The van der Waals surface area contributed by atoms with Crippen molar-refractivity contribution < 1.29 is 0 Å². The molecule has 0 aliphatic rings. The molecule has 0 amide bonds. The van der Waals surface area contributed by atoms with E-state index in [0.717, 1.165) is 0 Å². The maximum Gasteiger partial charge on any atom is 0.226 e. The number of aromatic nitrogens is 3. The minimum atomic E-state index is 0.0417. The second-order valence-corrected chi connectivity index (χ2v) is 1.41. The van der Waals surface area contributed by atoms with Crippen LogP contribution in [0, 0.1) is 0 Å². The number of rotatable bonds is 0. The van der Waals surface area contributed by atoms with Crippen LogP contribution in [0.2, 0.25) is 0 Å². The Balaban J connectivity index is 0. The second kappa shape index (κ2) is 7.99. The summed E-state index contributed by atoms with van der Waals surface area (Å²) in [5, 5.41) is 0. The molecule has 0 aliphatic carbocycles. The van der Waals surface area contributed by atoms with E-state index in [1.807, 2.05) is 0 Å². The number of hydrogen-bond acceptors (Lipinski definition) is 6. The van der Waals surface area contributed by atoms with E-state index in [0.29, 0.717) is 0 Å². The molecule has 1 aromatic heterocycles. The van der Waals surface area contributed by atoms with Gasteiger partial charge in [0.2, 0.25) is 17.8 Å². The number of hydrogen-bond donors (Lipinski definition) is 3. The predicted octanol–water partition coefficient (Wildman–Crippen LogP) is 0.223. The Kier molecular flexibility index (Phi) is 8.28. The van der Waals surface area contributed by atoms with E-state index in [1.165, 1.54) is 0 Å². The van der Waals surface area contributed by atoms with Gasteiger partial charge in [-0.05, 0) is 0 Å². The Morgan fingerprint density at radius 2 is 0.769 bits per heavy atom. The maximum absolute atomic E-state index is 5.14. The summed E-state index contributed by atoms with van der Waals surface area (Å²) in [5.41, 5.74) is 15.4. The van der Waals surface area contributed by atoms with Crippen molar-refractivity contribution in [2.45, 2.75) is 0 Å². The molecular formula is C7H14N6. The summed E-state index contributed by atoms with van der Waals surface area (Å²) in [6, 6.07) is 0. The third-order valence-electron chi connectivity index (χ3n) is 0.687. The molecule has 0 radical (unpaired) electrons. The van der Waals surface area contributed by atoms with E-state index in [4.69, 9.17) is 17.2 Å². The third kappa shape index (κ3) is 6.29. The number of nitrogen functional groups attached to an aromatic ring is 3. The first kappa shape index (κ1) is 13.5. The molecule has 0 unspecified atom stereocenters. The molecule has 0 aromatic carbocycles. The first-order valence-corrected chi connectivity index (χ1v) is 3.21. The summed E-state index contributed by atoms with van der Waals surface area (Å²) < 4.78 is 0. The zero-order valence-electron chi connectivity index (χ0n) is 7.40. The molecule has 0 saturated heterocycles. The third-order valence-corrected chi connectivity index (χ3v) is 0.687. The van der Waals surface area contributed by atoms with Gasteiger partial charge in [-0.2, -0.15) is 15.0 Å². The van der Waals surface area contributed by atoms with Crippen molar-refractivity contribution in [2.24, 2.45) is 0 Å². The molecule has 0 bridgehead atoms. The number of nitrogens with zero attached hydrogens (tertiary/aromatic N) is 3. The summed E-state index contributed by atoms with van der Waals surface area (Å²) in [7, 11) is 0. The molecule has 0 fully saturated rings. The highest BCUT2D eigenvalue weighted by Crippen LogP contribution is 1.97. The number of nitrogens with two attached hydrogens (primary N) is 3. The molecule has 0 saturated carbocycles. The highest BCUT2D eigenvalue weighted by atomic mass is 15.2. The van der Waals surface area contributed by atoms with Crippen LogP contribution in [0.5, 0.6) is 0 Å². The van der Waals surface area contributed by atoms with Gasteiger partial charge >= 0.3 is 0 Å². The van der Waals surface area contributed by atoms with E-state index in [-0.39, 0.29) is 17.8 Å². The smallest absolute Gasteiger partial charge is 0.226 e. The van der Waals surface area contributed by atoms with E-state index in [9.17, 15) is 0 Å². The van der Waals surface area contributed by atoms with Crippen molar-refractivity contribution in [3.63, 3.8) is 0 Å². The van der Waals surface area contributed by atoms with Crippen LogP contribution in [0.15, 0.2) is 26.3 Å². The van der Waals surface area contributed by atoms with Gasteiger partial charge in [-0.1, -0.05) is 0 Å². The second-order valence-electron chi connectivity index (χ2n) is 1.41. The van der Waals surface area contributed by atoms with Crippen molar-refractivity contribution in [3.8, 4) is 0 Å². The summed E-state index contributed by atoms with van der Waals surface area (Å²) in [4.78, 5) is 10.5. The van der Waals surface area contributed by atoms with Crippen LogP contribution in [0.3, 0.4) is 0 Å². The Morgan fingerprint density at radius 1 is 0.615 bits per heavy atom. The topological polar surface area (TPSA) is 117 Å². The van der Waals surface area contributed by atoms with Gasteiger partial charge < -0.3 is 17.2 Å². The van der Waals surface area contributed by atoms with Crippen molar-refractivity contribution >= 4 is 17.8 Å². The minimum absolute atomic E-state index is 0.0417. The van der Waals surface area contributed by atoms with Gasteiger partial charge in [0.15, 0.2) is 0 Å². The molecule has 1 rings (SSSR count). The minimum Gasteiger partial charge on any atom is -0.368 e. The fraction of sp³-hybridized carbons (Fsp3) is 0. The van der Waals surface area contributed by atoms with Gasteiger partial charge in [0.25, 0.3) is 0 Å². The molecule has 13 heavy (non-hydrogen) atoms. The van der Waals surface area contributed by atoms with Crippen LogP contribution in [-0.2, 0) is 0 Å². The summed E-state index contributed by atoms with van der Waals surface area (Å²) in [5.74, 6) is 0.125. The molecule has 0 aliphatic heterocycles. The van der Waals surface area contributed by atoms with Crippen molar-refractivity contribution in [1.82, 2.24) is 15.0 Å². The van der Waals surface area contributed by atoms with Gasteiger partial charge in [0.1, 0.15) is 0 Å². The lowest BCUT2D eigenvalue weighted by molar-refractivity contribution is 1.09. The quantitative estimate of drug-likeness (QED) is 0.494. The molecule has 6 N–H and O–H groups in total. The Hall–Kier alpha value is -2.11. The van der Waals surface area contributed by atoms with Crippen molar-refractivity contribution in [2.75, 3.05) is 17.2 Å². The lowest BCUT2D eigenvalue weighted by atomic mass is 10.9. The fourth-order valence-electron chi connectivity index (χ4n) is 0.427. The summed E-state index contributed by atoms with van der Waals surface area (Å²) >= 11 is 0.